The number of benzene rings is 2. The summed E-state index contributed by atoms with van der Waals surface area (Å²) >= 11 is 0. The average Bonchev–Trinajstić information content (AvgIpc) is 3.47. The van der Waals surface area contributed by atoms with Gasteiger partial charge in [-0.05, 0) is 89.9 Å². The Hall–Kier alpha value is -3.80. The van der Waals surface area contributed by atoms with Crippen molar-refractivity contribution in [2.24, 2.45) is 7.05 Å². The highest BCUT2D eigenvalue weighted by atomic mass is 16.3. The van der Waals surface area contributed by atoms with E-state index in [1.54, 1.807) is 0 Å². The Bertz CT molecular complexity index is 1710. The van der Waals surface area contributed by atoms with Crippen molar-refractivity contribution in [3.8, 4) is 0 Å². The van der Waals surface area contributed by atoms with Crippen LogP contribution >= 0.6 is 0 Å². The summed E-state index contributed by atoms with van der Waals surface area (Å²) in [5.74, 6) is 2.43. The molecule has 5 aromatic rings. The van der Waals surface area contributed by atoms with Gasteiger partial charge in [0.05, 0.1) is 30.0 Å². The van der Waals surface area contributed by atoms with E-state index in [1.807, 2.05) is 6.92 Å². The second kappa shape index (κ2) is 8.35. The number of hydrogen-bond acceptors (Lipinski definition) is 4. The third kappa shape index (κ3) is 3.32. The van der Waals surface area contributed by atoms with Crippen LogP contribution in [0.3, 0.4) is 0 Å². The fourth-order valence-electron chi connectivity index (χ4n) is 6.72. The van der Waals surface area contributed by atoms with Gasteiger partial charge in [-0.3, -0.25) is 4.90 Å². The van der Waals surface area contributed by atoms with Crippen LogP contribution in [0.5, 0.6) is 0 Å². The summed E-state index contributed by atoms with van der Waals surface area (Å²) in [7, 11) is 2.17. The molecule has 0 radical (unpaired) electrons. The van der Waals surface area contributed by atoms with E-state index in [9.17, 15) is 0 Å². The highest BCUT2D eigenvalue weighted by molar-refractivity contribution is 6.06. The molecule has 6 rings (SSSR count). The van der Waals surface area contributed by atoms with Crippen molar-refractivity contribution >= 4 is 39.3 Å². The molecule has 0 N–H and O–H groups in total. The standard InChI is InChI=1S/C32H38N5O/c1-19(2)35-18-28(34(9)22(35)5)36-23(6)37(26-13-11-10-12-25(26)36)32(7,8)30-20(3)14-17-27-29(30)24-16-15-21(4)33-31(24)38-27/h10-19,23H,1-9H3/q+1/t23-/m1/s1. The summed E-state index contributed by atoms with van der Waals surface area (Å²) in [6.45, 7) is 17.9. The minimum Gasteiger partial charge on any atom is -0.438 e. The van der Waals surface area contributed by atoms with Crippen LogP contribution in [-0.2, 0) is 12.6 Å². The number of furan rings is 1. The quantitative estimate of drug-likeness (QED) is 0.238. The van der Waals surface area contributed by atoms with Gasteiger partial charge >= 0.3 is 0 Å². The van der Waals surface area contributed by atoms with Crippen LogP contribution in [-0.4, -0.2) is 15.7 Å². The summed E-state index contributed by atoms with van der Waals surface area (Å²) in [4.78, 5) is 9.77. The number of aromatic nitrogens is 3. The van der Waals surface area contributed by atoms with Crippen molar-refractivity contribution < 1.29 is 8.98 Å². The van der Waals surface area contributed by atoms with Gasteiger partial charge in [-0.25, -0.2) is 14.1 Å². The van der Waals surface area contributed by atoms with Crippen LogP contribution in [0.4, 0.5) is 17.2 Å². The van der Waals surface area contributed by atoms with E-state index < -0.39 is 0 Å². The smallest absolute Gasteiger partial charge is 0.254 e. The molecule has 196 valence electrons. The molecule has 0 saturated heterocycles. The lowest BCUT2D eigenvalue weighted by Gasteiger charge is -2.43. The van der Waals surface area contributed by atoms with Crippen LogP contribution in [0.15, 0.2) is 59.1 Å². The van der Waals surface area contributed by atoms with Gasteiger partial charge in [0.1, 0.15) is 11.7 Å². The van der Waals surface area contributed by atoms with Crippen molar-refractivity contribution in [3.63, 3.8) is 0 Å². The number of hydrogen-bond donors (Lipinski definition) is 0. The Labute approximate surface area is 225 Å². The molecule has 0 bridgehead atoms. The first-order valence-corrected chi connectivity index (χ1v) is 13.6. The van der Waals surface area contributed by atoms with Crippen LogP contribution in [0.1, 0.15) is 63.3 Å². The van der Waals surface area contributed by atoms with Crippen molar-refractivity contribution in [3.05, 3.63) is 77.4 Å². The molecule has 6 nitrogen and oxygen atoms in total. The summed E-state index contributed by atoms with van der Waals surface area (Å²) in [5.41, 5.74) is 7.20. The van der Waals surface area contributed by atoms with E-state index in [2.05, 4.69) is 129 Å². The van der Waals surface area contributed by atoms with E-state index in [0.29, 0.717) is 11.8 Å². The van der Waals surface area contributed by atoms with E-state index in [1.165, 1.54) is 34.1 Å². The van der Waals surface area contributed by atoms with Crippen molar-refractivity contribution in [2.45, 2.75) is 73.1 Å². The fraction of sp³-hybridized carbons (Fsp3) is 0.375. The molecule has 1 atom stereocenters. The van der Waals surface area contributed by atoms with Crippen molar-refractivity contribution in [1.29, 1.82) is 0 Å². The Morgan fingerprint density at radius 2 is 1.68 bits per heavy atom. The molecule has 0 unspecified atom stereocenters. The molecule has 1 aliphatic heterocycles. The predicted octanol–water partition coefficient (Wildman–Crippen LogP) is 7.35. The number of aryl methyl sites for hydroxylation is 2. The molecule has 0 spiro atoms. The molecule has 0 saturated carbocycles. The molecule has 38 heavy (non-hydrogen) atoms. The van der Waals surface area contributed by atoms with Crippen LogP contribution in [0.2, 0.25) is 0 Å². The van der Waals surface area contributed by atoms with Gasteiger partial charge in [0.2, 0.25) is 11.5 Å². The van der Waals surface area contributed by atoms with E-state index in [-0.39, 0.29) is 11.7 Å². The van der Waals surface area contributed by atoms with E-state index >= 15 is 0 Å². The van der Waals surface area contributed by atoms with Crippen LogP contribution in [0.25, 0.3) is 22.1 Å². The minimum atomic E-state index is -0.343. The molecule has 0 amide bonds. The SMILES string of the molecule is Cc1ccc2c(n1)oc1ccc(C)c(C(C)(C)N3c4ccccc4N(c4c[n+](C(C)C)c(C)n4C)[C@H]3C)c12. The van der Waals surface area contributed by atoms with E-state index in [0.717, 1.165) is 22.0 Å². The zero-order chi connectivity index (χ0) is 27.1. The summed E-state index contributed by atoms with van der Waals surface area (Å²) < 4.78 is 11.0. The van der Waals surface area contributed by atoms with Gasteiger partial charge in [0.15, 0.2) is 6.20 Å². The third-order valence-electron chi connectivity index (χ3n) is 8.47. The van der Waals surface area contributed by atoms with Crippen molar-refractivity contribution in [2.75, 3.05) is 9.80 Å². The summed E-state index contributed by atoms with van der Waals surface area (Å²) in [6, 6.07) is 17.7. The number of fused-ring (bicyclic) bond motifs is 4. The first kappa shape index (κ1) is 24.5. The van der Waals surface area contributed by atoms with Gasteiger partial charge in [0, 0.05) is 23.4 Å². The lowest BCUT2D eigenvalue weighted by atomic mass is 9.84. The highest BCUT2D eigenvalue weighted by Crippen LogP contribution is 2.51. The summed E-state index contributed by atoms with van der Waals surface area (Å²) in [5, 5.41) is 2.23. The lowest BCUT2D eigenvalue weighted by Crippen LogP contribution is -2.49. The molecule has 0 aliphatic carbocycles. The van der Waals surface area contributed by atoms with Gasteiger partial charge in [0.25, 0.3) is 5.82 Å². The second-order valence-electron chi connectivity index (χ2n) is 11.6. The normalized spacial score (nSPS) is 15.9. The topological polar surface area (TPSA) is 41.3 Å². The van der Waals surface area contributed by atoms with E-state index in [4.69, 9.17) is 9.40 Å². The maximum absolute atomic E-state index is 6.28. The molecule has 6 heteroatoms. The number of anilines is 3. The molecule has 3 aromatic heterocycles. The number of nitrogens with zero attached hydrogens (tertiary/aromatic N) is 5. The highest BCUT2D eigenvalue weighted by Gasteiger charge is 2.46. The molecular weight excluding hydrogens is 470 g/mol. The minimum absolute atomic E-state index is 0.0872. The second-order valence-corrected chi connectivity index (χ2v) is 11.6. The lowest BCUT2D eigenvalue weighted by molar-refractivity contribution is -0.721. The number of para-hydroxylation sites is 2. The maximum Gasteiger partial charge on any atom is 0.254 e. The molecular formula is C32H38N5O+. The molecule has 4 heterocycles. The predicted molar refractivity (Wildman–Crippen MR) is 155 cm³/mol. The molecule has 0 fully saturated rings. The maximum atomic E-state index is 6.28. The van der Waals surface area contributed by atoms with Gasteiger partial charge in [-0.2, -0.15) is 0 Å². The zero-order valence-electron chi connectivity index (χ0n) is 24.0. The summed E-state index contributed by atoms with van der Waals surface area (Å²) in [6.07, 6.45) is 2.39. The zero-order valence-corrected chi connectivity index (χ0v) is 24.0. The number of imidazole rings is 1. The van der Waals surface area contributed by atoms with Gasteiger partial charge in [-0.15, -0.1) is 0 Å². The van der Waals surface area contributed by atoms with Crippen LogP contribution in [0, 0.1) is 20.8 Å². The Kier molecular flexibility index (Phi) is 5.39. The largest absolute Gasteiger partial charge is 0.438 e. The first-order valence-electron chi connectivity index (χ1n) is 13.6. The Morgan fingerprint density at radius 1 is 0.974 bits per heavy atom. The third-order valence-corrected chi connectivity index (χ3v) is 8.47. The van der Waals surface area contributed by atoms with Crippen LogP contribution < -0.4 is 14.4 Å². The monoisotopic (exact) mass is 508 g/mol. The molecule has 1 aliphatic rings. The fourth-order valence-corrected chi connectivity index (χ4v) is 6.72. The number of rotatable bonds is 4. The van der Waals surface area contributed by atoms with Gasteiger partial charge < -0.3 is 9.32 Å². The Balaban J connectivity index is 1.57. The van der Waals surface area contributed by atoms with Gasteiger partial charge in [-0.1, -0.05) is 18.2 Å². The number of pyridine rings is 1. The Morgan fingerprint density at radius 3 is 2.37 bits per heavy atom. The van der Waals surface area contributed by atoms with Crippen molar-refractivity contribution in [1.82, 2.24) is 9.55 Å². The average molecular weight is 509 g/mol. The first-order chi connectivity index (χ1) is 18.0. The molecule has 2 aromatic carbocycles.